The van der Waals surface area contributed by atoms with Crippen molar-refractivity contribution in [3.63, 3.8) is 0 Å². The van der Waals surface area contributed by atoms with E-state index in [0.717, 1.165) is 12.8 Å². The Hall–Kier alpha value is -1.23. The lowest BCUT2D eigenvalue weighted by Gasteiger charge is -2.35. The van der Waals surface area contributed by atoms with Gasteiger partial charge in [-0.2, -0.15) is 5.26 Å². The van der Waals surface area contributed by atoms with E-state index >= 15 is 0 Å². The maximum Gasteiger partial charge on any atom is 0.0973 e. The minimum absolute atomic E-state index is 0.0557. The molecule has 0 bridgehead atoms. The van der Waals surface area contributed by atoms with Crippen molar-refractivity contribution in [3.05, 3.63) is 24.0 Å². The van der Waals surface area contributed by atoms with Gasteiger partial charge in [-0.1, -0.05) is 19.3 Å². The van der Waals surface area contributed by atoms with Gasteiger partial charge >= 0.3 is 0 Å². The van der Waals surface area contributed by atoms with E-state index in [4.69, 9.17) is 0 Å². The van der Waals surface area contributed by atoms with E-state index in [0.29, 0.717) is 0 Å². The summed E-state index contributed by atoms with van der Waals surface area (Å²) in [5.41, 5.74) is 1.03. The fourth-order valence-electron chi connectivity index (χ4n) is 2.94. The van der Waals surface area contributed by atoms with Crippen molar-refractivity contribution in [1.29, 1.82) is 5.26 Å². The molecule has 1 aromatic rings. The Kier molecular flexibility index (Phi) is 3.03. The number of nitriles is 1. The first-order valence-electron chi connectivity index (χ1n) is 6.59. The second kappa shape index (κ2) is 4.22. The fourth-order valence-corrected chi connectivity index (χ4v) is 2.94. The number of aromatic nitrogens is 1. The maximum atomic E-state index is 9.64. The first kappa shape index (κ1) is 12.2. The molecule has 2 rings (SSSR count). The summed E-state index contributed by atoms with van der Waals surface area (Å²) in [5, 5.41) is 9.64. The molecule has 1 aromatic heterocycles. The normalized spacial score (nSPS) is 19.9. The van der Waals surface area contributed by atoms with E-state index in [-0.39, 0.29) is 11.0 Å². The zero-order chi connectivity index (χ0) is 12.5. The molecule has 1 heterocycles. The third-order valence-electron chi connectivity index (χ3n) is 3.88. The minimum Gasteiger partial charge on any atom is -0.345 e. The summed E-state index contributed by atoms with van der Waals surface area (Å²) in [7, 11) is 0. The maximum absolute atomic E-state index is 9.64. The molecule has 0 radical (unpaired) electrons. The second-order valence-electron chi connectivity index (χ2n) is 6.19. The molecule has 17 heavy (non-hydrogen) atoms. The van der Waals surface area contributed by atoms with Gasteiger partial charge in [0.25, 0.3) is 0 Å². The molecule has 2 heteroatoms. The van der Waals surface area contributed by atoms with Crippen molar-refractivity contribution < 1.29 is 0 Å². The van der Waals surface area contributed by atoms with Gasteiger partial charge in [0.1, 0.15) is 0 Å². The smallest absolute Gasteiger partial charge is 0.0973 e. The lowest BCUT2D eigenvalue weighted by molar-refractivity contribution is 0.310. The van der Waals surface area contributed by atoms with Crippen molar-refractivity contribution in [2.75, 3.05) is 0 Å². The summed E-state index contributed by atoms with van der Waals surface area (Å²) in [4.78, 5) is 0. The van der Waals surface area contributed by atoms with E-state index in [1.807, 2.05) is 0 Å². The van der Waals surface area contributed by atoms with Gasteiger partial charge in [-0.25, -0.2) is 0 Å². The molecule has 2 nitrogen and oxygen atoms in total. The summed E-state index contributed by atoms with van der Waals surface area (Å²) in [6.45, 7) is 6.60. The van der Waals surface area contributed by atoms with Gasteiger partial charge < -0.3 is 4.57 Å². The van der Waals surface area contributed by atoms with Gasteiger partial charge in [0.15, 0.2) is 0 Å². The van der Waals surface area contributed by atoms with Gasteiger partial charge in [0.05, 0.1) is 11.5 Å². The third kappa shape index (κ3) is 2.11. The summed E-state index contributed by atoms with van der Waals surface area (Å²) in [6.07, 6.45) is 7.79. The van der Waals surface area contributed by atoms with Crippen LogP contribution in [-0.2, 0) is 11.0 Å². The van der Waals surface area contributed by atoms with Crippen LogP contribution in [0.3, 0.4) is 0 Å². The molecule has 1 aliphatic rings. The highest BCUT2D eigenvalue weighted by Crippen LogP contribution is 2.40. The minimum atomic E-state index is -0.241. The Morgan fingerprint density at radius 2 is 1.88 bits per heavy atom. The van der Waals surface area contributed by atoms with Crippen LogP contribution in [0, 0.1) is 11.3 Å². The Morgan fingerprint density at radius 3 is 2.41 bits per heavy atom. The largest absolute Gasteiger partial charge is 0.345 e. The third-order valence-corrected chi connectivity index (χ3v) is 3.88. The number of hydrogen-bond donors (Lipinski definition) is 0. The number of hydrogen-bond acceptors (Lipinski definition) is 1. The van der Waals surface area contributed by atoms with Crippen LogP contribution in [0.1, 0.15) is 58.6 Å². The molecule has 0 aromatic carbocycles. The molecule has 0 spiro atoms. The van der Waals surface area contributed by atoms with E-state index in [1.54, 1.807) is 0 Å². The van der Waals surface area contributed by atoms with Crippen LogP contribution < -0.4 is 0 Å². The predicted octanol–water partition coefficient (Wildman–Crippen LogP) is 3.97. The molecule has 0 amide bonds. The van der Waals surface area contributed by atoms with Gasteiger partial charge in [-0.15, -0.1) is 0 Å². The van der Waals surface area contributed by atoms with E-state index in [2.05, 4.69) is 49.7 Å². The summed E-state index contributed by atoms with van der Waals surface area (Å²) >= 11 is 0. The van der Waals surface area contributed by atoms with E-state index in [9.17, 15) is 5.26 Å². The summed E-state index contributed by atoms with van der Waals surface area (Å²) < 4.78 is 2.28. The Labute approximate surface area is 104 Å². The molecule has 0 saturated heterocycles. The predicted molar refractivity (Wildman–Crippen MR) is 69.8 cm³/mol. The first-order chi connectivity index (χ1) is 7.99. The van der Waals surface area contributed by atoms with Crippen molar-refractivity contribution in [1.82, 2.24) is 4.57 Å². The first-order valence-corrected chi connectivity index (χ1v) is 6.59. The topological polar surface area (TPSA) is 28.7 Å². The molecule has 1 fully saturated rings. The van der Waals surface area contributed by atoms with Crippen molar-refractivity contribution >= 4 is 0 Å². The molecule has 0 N–H and O–H groups in total. The van der Waals surface area contributed by atoms with E-state index < -0.39 is 0 Å². The van der Waals surface area contributed by atoms with Gasteiger partial charge in [-0.3, -0.25) is 0 Å². The molecule has 92 valence electrons. The molecule has 0 aliphatic heterocycles. The van der Waals surface area contributed by atoms with Crippen LogP contribution in [0.25, 0.3) is 0 Å². The Morgan fingerprint density at radius 1 is 1.24 bits per heavy atom. The molecule has 1 aliphatic carbocycles. The number of rotatable bonds is 1. The van der Waals surface area contributed by atoms with Crippen molar-refractivity contribution in [2.24, 2.45) is 0 Å². The summed E-state index contributed by atoms with van der Waals surface area (Å²) in [5.74, 6) is 0. The van der Waals surface area contributed by atoms with Crippen LogP contribution in [0.15, 0.2) is 18.3 Å². The number of nitrogens with zero attached hydrogens (tertiary/aromatic N) is 2. The van der Waals surface area contributed by atoms with Crippen LogP contribution in [0.5, 0.6) is 0 Å². The van der Waals surface area contributed by atoms with Crippen molar-refractivity contribution in [3.8, 4) is 6.07 Å². The second-order valence-corrected chi connectivity index (χ2v) is 6.19. The average Bonchev–Trinajstić information content (AvgIpc) is 2.79. The SMILES string of the molecule is CC(C)(C)n1cccc1C1(C#N)CCCCC1. The highest BCUT2D eigenvalue weighted by atomic mass is 15.0. The van der Waals surface area contributed by atoms with Gasteiger partial charge in [0.2, 0.25) is 0 Å². The van der Waals surface area contributed by atoms with Crippen LogP contribution in [0.2, 0.25) is 0 Å². The molecule has 1 saturated carbocycles. The van der Waals surface area contributed by atoms with Crippen LogP contribution in [-0.4, -0.2) is 4.57 Å². The zero-order valence-corrected chi connectivity index (χ0v) is 11.2. The highest BCUT2D eigenvalue weighted by molar-refractivity contribution is 5.29. The monoisotopic (exact) mass is 230 g/mol. The molecular formula is C15H22N2. The fraction of sp³-hybridized carbons (Fsp3) is 0.667. The molecular weight excluding hydrogens is 208 g/mol. The quantitative estimate of drug-likeness (QED) is 0.717. The lowest BCUT2D eigenvalue weighted by atomic mass is 9.72. The van der Waals surface area contributed by atoms with E-state index in [1.165, 1.54) is 25.0 Å². The Balaban J connectivity index is 2.45. The average molecular weight is 230 g/mol. The zero-order valence-electron chi connectivity index (χ0n) is 11.2. The van der Waals surface area contributed by atoms with Gasteiger partial charge in [-0.05, 0) is 45.7 Å². The van der Waals surface area contributed by atoms with Crippen LogP contribution in [0.4, 0.5) is 0 Å². The molecule has 0 atom stereocenters. The van der Waals surface area contributed by atoms with Crippen molar-refractivity contribution in [2.45, 2.75) is 63.8 Å². The standard InChI is InChI=1S/C15H22N2/c1-14(2,3)17-11-7-8-13(17)15(12-16)9-5-4-6-10-15/h7-8,11H,4-6,9-10H2,1-3H3. The highest BCUT2D eigenvalue weighted by Gasteiger charge is 2.37. The lowest BCUT2D eigenvalue weighted by Crippen LogP contribution is -2.34. The van der Waals surface area contributed by atoms with Gasteiger partial charge in [0, 0.05) is 17.4 Å². The van der Waals surface area contributed by atoms with Crippen LogP contribution >= 0.6 is 0 Å². The Bertz CT molecular complexity index is 423. The summed E-state index contributed by atoms with van der Waals surface area (Å²) in [6, 6.07) is 6.83. The molecule has 0 unspecified atom stereocenters.